The van der Waals surface area contributed by atoms with Crippen LogP contribution in [0.15, 0.2) is 48.5 Å². The lowest BCUT2D eigenvalue weighted by Gasteiger charge is -2.14. The lowest BCUT2D eigenvalue weighted by atomic mass is 10.1. The van der Waals surface area contributed by atoms with Crippen molar-refractivity contribution in [3.8, 4) is 0 Å². The highest BCUT2D eigenvalue weighted by molar-refractivity contribution is 5.76. The second-order valence-electron chi connectivity index (χ2n) is 6.03. The lowest BCUT2D eigenvalue weighted by molar-refractivity contribution is 0.103. The van der Waals surface area contributed by atoms with E-state index in [1.54, 1.807) is 0 Å². The van der Waals surface area contributed by atoms with Crippen molar-refractivity contribution in [2.45, 2.75) is 32.4 Å². The number of rotatable bonds is 3. The SMILES string of the molecule is Cc1ccc(Cn2c(C3CCCO3)nc3ccccc32)cc1. The summed E-state index contributed by atoms with van der Waals surface area (Å²) in [5.74, 6) is 1.07. The number of aryl methyl sites for hydroxylation is 1. The molecule has 4 rings (SSSR count). The van der Waals surface area contributed by atoms with E-state index in [4.69, 9.17) is 9.72 Å². The maximum absolute atomic E-state index is 5.88. The van der Waals surface area contributed by atoms with Crippen molar-refractivity contribution in [2.75, 3.05) is 6.61 Å². The molecule has 2 aromatic carbocycles. The maximum Gasteiger partial charge on any atom is 0.139 e. The number of nitrogens with zero attached hydrogens (tertiary/aromatic N) is 2. The summed E-state index contributed by atoms with van der Waals surface area (Å²) in [5.41, 5.74) is 4.83. The molecule has 1 aromatic heterocycles. The number of ether oxygens (including phenoxy) is 1. The molecule has 0 N–H and O–H groups in total. The van der Waals surface area contributed by atoms with Gasteiger partial charge >= 0.3 is 0 Å². The molecule has 1 fully saturated rings. The summed E-state index contributed by atoms with van der Waals surface area (Å²) in [6.45, 7) is 3.81. The second kappa shape index (κ2) is 5.58. The van der Waals surface area contributed by atoms with Gasteiger partial charge in [0.15, 0.2) is 0 Å². The molecule has 3 nitrogen and oxygen atoms in total. The van der Waals surface area contributed by atoms with Crippen LogP contribution in [0.4, 0.5) is 0 Å². The first kappa shape index (κ1) is 13.5. The number of fused-ring (bicyclic) bond motifs is 1. The van der Waals surface area contributed by atoms with Crippen molar-refractivity contribution < 1.29 is 4.74 Å². The number of benzene rings is 2. The quantitative estimate of drug-likeness (QED) is 0.722. The summed E-state index contributed by atoms with van der Waals surface area (Å²) in [6.07, 6.45) is 2.33. The molecule has 112 valence electrons. The molecule has 0 radical (unpaired) electrons. The lowest BCUT2D eigenvalue weighted by Crippen LogP contribution is -2.09. The van der Waals surface area contributed by atoms with E-state index in [1.165, 1.54) is 16.6 Å². The Hall–Kier alpha value is -2.13. The van der Waals surface area contributed by atoms with Crippen molar-refractivity contribution in [3.63, 3.8) is 0 Å². The highest BCUT2D eigenvalue weighted by atomic mass is 16.5. The average Bonchev–Trinajstić information content (AvgIpc) is 3.18. The van der Waals surface area contributed by atoms with E-state index in [2.05, 4.69) is 54.0 Å². The van der Waals surface area contributed by atoms with E-state index in [0.717, 1.165) is 37.3 Å². The first-order valence-electron chi connectivity index (χ1n) is 7.93. The Balaban J connectivity index is 1.79. The molecular formula is C19H20N2O. The van der Waals surface area contributed by atoms with Gasteiger partial charge in [0.2, 0.25) is 0 Å². The molecular weight excluding hydrogens is 272 g/mol. The van der Waals surface area contributed by atoms with Gasteiger partial charge < -0.3 is 9.30 Å². The molecule has 1 atom stereocenters. The predicted octanol–water partition coefficient (Wildman–Crippen LogP) is 4.24. The van der Waals surface area contributed by atoms with Crippen molar-refractivity contribution in [1.29, 1.82) is 0 Å². The highest BCUT2D eigenvalue weighted by Gasteiger charge is 2.24. The van der Waals surface area contributed by atoms with Crippen molar-refractivity contribution in [1.82, 2.24) is 9.55 Å². The van der Waals surface area contributed by atoms with Crippen LogP contribution in [0.2, 0.25) is 0 Å². The molecule has 0 aliphatic carbocycles. The fourth-order valence-corrected chi connectivity index (χ4v) is 3.16. The van der Waals surface area contributed by atoms with Gasteiger partial charge in [-0.3, -0.25) is 0 Å². The summed E-state index contributed by atoms with van der Waals surface area (Å²) in [4.78, 5) is 4.85. The molecule has 0 saturated carbocycles. The maximum atomic E-state index is 5.88. The van der Waals surface area contributed by atoms with Gasteiger partial charge in [0.25, 0.3) is 0 Å². The number of aromatic nitrogens is 2. The van der Waals surface area contributed by atoms with Gasteiger partial charge in [-0.25, -0.2) is 4.98 Å². The molecule has 2 heterocycles. The molecule has 3 aromatic rings. The summed E-state index contributed by atoms with van der Waals surface area (Å²) < 4.78 is 8.20. The zero-order valence-electron chi connectivity index (χ0n) is 12.8. The minimum absolute atomic E-state index is 0.137. The molecule has 1 aliphatic heterocycles. The van der Waals surface area contributed by atoms with Crippen molar-refractivity contribution in [3.05, 3.63) is 65.5 Å². The van der Waals surface area contributed by atoms with Gasteiger partial charge in [0, 0.05) is 13.2 Å². The first-order chi connectivity index (χ1) is 10.8. The van der Waals surface area contributed by atoms with E-state index in [-0.39, 0.29) is 6.10 Å². The molecule has 1 unspecified atom stereocenters. The van der Waals surface area contributed by atoms with Crippen LogP contribution in [0.25, 0.3) is 11.0 Å². The van der Waals surface area contributed by atoms with E-state index >= 15 is 0 Å². The Morgan fingerprint density at radius 1 is 1.14 bits per heavy atom. The zero-order valence-corrected chi connectivity index (χ0v) is 12.8. The molecule has 0 spiro atoms. The molecule has 1 aliphatic rings. The van der Waals surface area contributed by atoms with Crippen LogP contribution in [-0.4, -0.2) is 16.2 Å². The topological polar surface area (TPSA) is 27.1 Å². The highest BCUT2D eigenvalue weighted by Crippen LogP contribution is 2.31. The normalized spacial score (nSPS) is 18.1. The van der Waals surface area contributed by atoms with Crippen LogP contribution in [0.5, 0.6) is 0 Å². The molecule has 1 saturated heterocycles. The first-order valence-corrected chi connectivity index (χ1v) is 7.93. The smallest absolute Gasteiger partial charge is 0.139 e. The minimum atomic E-state index is 0.137. The second-order valence-corrected chi connectivity index (χ2v) is 6.03. The Labute approximate surface area is 130 Å². The minimum Gasteiger partial charge on any atom is -0.370 e. The Morgan fingerprint density at radius 2 is 1.95 bits per heavy atom. The van der Waals surface area contributed by atoms with Crippen molar-refractivity contribution >= 4 is 11.0 Å². The van der Waals surface area contributed by atoms with E-state index in [1.807, 2.05) is 6.07 Å². The summed E-state index contributed by atoms with van der Waals surface area (Å²) in [7, 11) is 0. The van der Waals surface area contributed by atoms with Gasteiger partial charge in [-0.15, -0.1) is 0 Å². The van der Waals surface area contributed by atoms with Crippen LogP contribution in [0.3, 0.4) is 0 Å². The largest absolute Gasteiger partial charge is 0.370 e. The van der Waals surface area contributed by atoms with Crippen LogP contribution in [0, 0.1) is 6.92 Å². The van der Waals surface area contributed by atoms with Crippen LogP contribution >= 0.6 is 0 Å². The van der Waals surface area contributed by atoms with Crippen LogP contribution in [0.1, 0.15) is 35.9 Å². The van der Waals surface area contributed by atoms with E-state index < -0.39 is 0 Å². The monoisotopic (exact) mass is 292 g/mol. The molecule has 0 bridgehead atoms. The van der Waals surface area contributed by atoms with Crippen molar-refractivity contribution in [2.24, 2.45) is 0 Å². The molecule has 3 heteroatoms. The van der Waals surface area contributed by atoms with Gasteiger partial charge in [-0.1, -0.05) is 42.0 Å². The van der Waals surface area contributed by atoms with E-state index in [9.17, 15) is 0 Å². The van der Waals surface area contributed by atoms with Gasteiger partial charge in [0.1, 0.15) is 11.9 Å². The number of imidazole rings is 1. The Bertz CT molecular complexity index is 783. The number of hydrogen-bond acceptors (Lipinski definition) is 2. The molecule has 22 heavy (non-hydrogen) atoms. The third-order valence-electron chi connectivity index (χ3n) is 4.36. The Kier molecular flexibility index (Phi) is 3.43. The predicted molar refractivity (Wildman–Crippen MR) is 87.9 cm³/mol. The summed E-state index contributed by atoms with van der Waals surface area (Å²) in [5, 5.41) is 0. The standard InChI is InChI=1S/C19H20N2O/c1-14-8-10-15(11-9-14)13-21-17-6-3-2-5-16(17)20-19(21)18-7-4-12-22-18/h2-3,5-6,8-11,18H,4,7,12-13H2,1H3. The fraction of sp³-hybridized carbons (Fsp3) is 0.316. The van der Waals surface area contributed by atoms with E-state index in [0.29, 0.717) is 0 Å². The zero-order chi connectivity index (χ0) is 14.9. The summed E-state index contributed by atoms with van der Waals surface area (Å²) >= 11 is 0. The van der Waals surface area contributed by atoms with Gasteiger partial charge in [-0.05, 0) is 37.5 Å². The third-order valence-corrected chi connectivity index (χ3v) is 4.36. The van der Waals surface area contributed by atoms with Gasteiger partial charge in [-0.2, -0.15) is 0 Å². The number of hydrogen-bond donors (Lipinski definition) is 0. The summed E-state index contributed by atoms with van der Waals surface area (Å²) in [6, 6.07) is 17.1. The fourth-order valence-electron chi connectivity index (χ4n) is 3.16. The third kappa shape index (κ3) is 2.42. The average molecular weight is 292 g/mol. The van der Waals surface area contributed by atoms with Crippen LogP contribution < -0.4 is 0 Å². The number of para-hydroxylation sites is 2. The van der Waals surface area contributed by atoms with Crippen LogP contribution in [-0.2, 0) is 11.3 Å². The molecule has 0 amide bonds. The Morgan fingerprint density at radius 3 is 2.73 bits per heavy atom. The van der Waals surface area contributed by atoms with Gasteiger partial charge in [0.05, 0.1) is 11.0 Å².